The summed E-state index contributed by atoms with van der Waals surface area (Å²) in [4.78, 5) is 9.94. The van der Waals surface area contributed by atoms with Crippen LogP contribution in [0.15, 0.2) is 81.6 Å². The molecule has 0 radical (unpaired) electrons. The van der Waals surface area contributed by atoms with Crippen LogP contribution in [-0.4, -0.2) is 9.97 Å². The first kappa shape index (κ1) is 32.0. The van der Waals surface area contributed by atoms with Gasteiger partial charge in [0.25, 0.3) is 0 Å². The number of hydrogen-bond acceptors (Lipinski definition) is 4. The van der Waals surface area contributed by atoms with Crippen molar-refractivity contribution >= 4 is 33.0 Å². The number of oxazole rings is 2. The number of hydrogen-bond donors (Lipinski definition) is 0. The first-order valence-electron chi connectivity index (χ1n) is 18.1. The van der Waals surface area contributed by atoms with Crippen LogP contribution >= 0.6 is 0 Å². The Labute approximate surface area is 274 Å². The lowest BCUT2D eigenvalue weighted by Crippen LogP contribution is -1.87. The van der Waals surface area contributed by atoms with Gasteiger partial charge in [-0.3, -0.25) is 0 Å². The third-order valence-electron chi connectivity index (χ3n) is 9.48. The third kappa shape index (κ3) is 7.54. The Hall–Kier alpha value is -3.92. The van der Waals surface area contributed by atoms with E-state index in [9.17, 15) is 0 Å². The Bertz CT molecular complexity index is 1710. The molecule has 4 heteroatoms. The lowest BCUT2D eigenvalue weighted by molar-refractivity contribution is 0.584. The fourth-order valence-electron chi connectivity index (χ4n) is 6.85. The van der Waals surface area contributed by atoms with Crippen LogP contribution in [0.25, 0.3) is 55.9 Å². The molecule has 46 heavy (non-hydrogen) atoms. The number of unbranched alkanes of at least 4 members (excludes halogenated alkanes) is 12. The Kier molecular flexibility index (Phi) is 11.2. The van der Waals surface area contributed by atoms with Gasteiger partial charge < -0.3 is 8.83 Å². The Morgan fingerprint density at radius 1 is 0.435 bits per heavy atom. The van der Waals surface area contributed by atoms with Gasteiger partial charge in [0.2, 0.25) is 11.8 Å². The van der Waals surface area contributed by atoms with Crippen LogP contribution in [0.1, 0.15) is 115 Å². The zero-order valence-corrected chi connectivity index (χ0v) is 28.0. The number of benzene rings is 4. The molecule has 0 aliphatic heterocycles. The minimum atomic E-state index is 0.666. The molecule has 2 aromatic heterocycles. The second kappa shape index (κ2) is 16.1. The van der Waals surface area contributed by atoms with Crippen molar-refractivity contribution in [3.8, 4) is 22.9 Å². The molecule has 240 valence electrons. The molecular weight excluding hydrogens is 564 g/mol. The van der Waals surface area contributed by atoms with Gasteiger partial charge in [0.15, 0.2) is 11.2 Å². The molecule has 0 saturated heterocycles. The molecule has 6 rings (SSSR count). The summed E-state index contributed by atoms with van der Waals surface area (Å²) in [6, 6.07) is 25.4. The molecule has 0 saturated carbocycles. The molecule has 0 aliphatic carbocycles. The number of fused-ring (bicyclic) bond motifs is 3. The van der Waals surface area contributed by atoms with E-state index in [4.69, 9.17) is 18.8 Å². The Morgan fingerprint density at radius 2 is 0.848 bits per heavy atom. The normalized spacial score (nSPS) is 11.8. The van der Waals surface area contributed by atoms with Crippen LogP contribution in [0.4, 0.5) is 0 Å². The standard InChI is InChI=1S/C42H50N2O2/c1-3-5-7-9-11-13-15-21-31-23-19-27-37-39(31)45-41(43-37)35-29-30-36(34-26-18-17-25-33(34)35)42-44-38-28-20-24-32(40(38)46-42)22-16-14-12-10-8-6-4-2/h17-20,23-30H,3-16,21-22H2,1-2H3. The van der Waals surface area contributed by atoms with Crippen molar-refractivity contribution in [2.45, 2.75) is 117 Å². The predicted octanol–water partition coefficient (Wildman–Crippen LogP) is 13.0. The zero-order chi connectivity index (χ0) is 31.6. The molecule has 0 N–H and O–H groups in total. The molecule has 0 aliphatic rings. The number of para-hydroxylation sites is 2. The van der Waals surface area contributed by atoms with Crippen LogP contribution in [0.3, 0.4) is 0 Å². The molecule has 2 heterocycles. The fraction of sp³-hybridized carbons (Fsp3) is 0.429. The van der Waals surface area contributed by atoms with E-state index in [1.165, 1.54) is 101 Å². The average molecular weight is 615 g/mol. The Morgan fingerprint density at radius 3 is 1.28 bits per heavy atom. The minimum absolute atomic E-state index is 0.666. The maximum absolute atomic E-state index is 6.54. The summed E-state index contributed by atoms with van der Waals surface area (Å²) in [5, 5.41) is 2.18. The highest BCUT2D eigenvalue weighted by atomic mass is 16.4. The van der Waals surface area contributed by atoms with E-state index in [0.717, 1.165) is 56.9 Å². The fourth-order valence-corrected chi connectivity index (χ4v) is 6.85. The van der Waals surface area contributed by atoms with Gasteiger partial charge >= 0.3 is 0 Å². The lowest BCUT2D eigenvalue weighted by atomic mass is 9.99. The van der Waals surface area contributed by atoms with Gasteiger partial charge in [-0.1, -0.05) is 139 Å². The van der Waals surface area contributed by atoms with Crippen LogP contribution in [0.5, 0.6) is 0 Å². The van der Waals surface area contributed by atoms with Crippen molar-refractivity contribution < 1.29 is 8.83 Å². The molecule has 0 spiro atoms. The second-order valence-electron chi connectivity index (χ2n) is 13.0. The topological polar surface area (TPSA) is 52.1 Å². The summed E-state index contributed by atoms with van der Waals surface area (Å²) in [7, 11) is 0. The second-order valence-corrected chi connectivity index (χ2v) is 13.0. The van der Waals surface area contributed by atoms with Crippen LogP contribution in [-0.2, 0) is 12.8 Å². The van der Waals surface area contributed by atoms with Gasteiger partial charge in [-0.15, -0.1) is 0 Å². The molecule has 6 aromatic rings. The average Bonchev–Trinajstić information content (AvgIpc) is 3.73. The zero-order valence-electron chi connectivity index (χ0n) is 28.0. The van der Waals surface area contributed by atoms with Crippen molar-refractivity contribution in [3.63, 3.8) is 0 Å². The van der Waals surface area contributed by atoms with Crippen molar-refractivity contribution in [3.05, 3.63) is 83.9 Å². The van der Waals surface area contributed by atoms with E-state index in [1.54, 1.807) is 0 Å². The maximum Gasteiger partial charge on any atom is 0.227 e. The highest BCUT2D eigenvalue weighted by Crippen LogP contribution is 2.38. The van der Waals surface area contributed by atoms with Gasteiger partial charge in [0, 0.05) is 11.1 Å². The highest BCUT2D eigenvalue weighted by Gasteiger charge is 2.19. The molecular formula is C42H50N2O2. The van der Waals surface area contributed by atoms with Crippen LogP contribution < -0.4 is 0 Å². The number of nitrogens with zero attached hydrogens (tertiary/aromatic N) is 2. The van der Waals surface area contributed by atoms with Crippen LogP contribution in [0.2, 0.25) is 0 Å². The van der Waals surface area contributed by atoms with Gasteiger partial charge in [0.1, 0.15) is 11.0 Å². The summed E-state index contributed by atoms with van der Waals surface area (Å²) < 4.78 is 13.1. The molecule has 4 nitrogen and oxygen atoms in total. The Balaban J connectivity index is 1.22. The van der Waals surface area contributed by atoms with Crippen molar-refractivity contribution in [1.82, 2.24) is 9.97 Å². The number of rotatable bonds is 18. The lowest BCUT2D eigenvalue weighted by Gasteiger charge is -2.07. The number of aryl methyl sites for hydroxylation is 2. The first-order chi connectivity index (χ1) is 22.8. The molecule has 0 atom stereocenters. The van der Waals surface area contributed by atoms with E-state index in [-0.39, 0.29) is 0 Å². The van der Waals surface area contributed by atoms with E-state index < -0.39 is 0 Å². The summed E-state index contributed by atoms with van der Waals surface area (Å²) in [5.41, 5.74) is 8.19. The quantitative estimate of drug-likeness (QED) is 0.0904. The van der Waals surface area contributed by atoms with E-state index in [1.807, 2.05) is 0 Å². The highest BCUT2D eigenvalue weighted by molar-refractivity contribution is 6.03. The van der Waals surface area contributed by atoms with E-state index >= 15 is 0 Å². The van der Waals surface area contributed by atoms with Crippen LogP contribution in [0, 0.1) is 0 Å². The van der Waals surface area contributed by atoms with E-state index in [0.29, 0.717) is 11.8 Å². The molecule has 0 amide bonds. The van der Waals surface area contributed by atoms with Gasteiger partial charge in [-0.2, -0.15) is 0 Å². The summed E-state index contributed by atoms with van der Waals surface area (Å²) >= 11 is 0. The van der Waals surface area contributed by atoms with Gasteiger partial charge in [0.05, 0.1) is 0 Å². The monoisotopic (exact) mass is 614 g/mol. The van der Waals surface area contributed by atoms with Gasteiger partial charge in [-0.05, 0) is 71.8 Å². The summed E-state index contributed by atoms with van der Waals surface area (Å²) in [6.07, 6.45) is 20.3. The van der Waals surface area contributed by atoms with Gasteiger partial charge in [-0.25, -0.2) is 9.97 Å². The van der Waals surface area contributed by atoms with E-state index in [2.05, 4.69) is 86.6 Å². The van der Waals surface area contributed by atoms with Crippen molar-refractivity contribution in [2.24, 2.45) is 0 Å². The molecule has 0 bridgehead atoms. The van der Waals surface area contributed by atoms with Crippen molar-refractivity contribution in [1.29, 1.82) is 0 Å². The SMILES string of the molecule is CCCCCCCCCc1cccc2nc(-c3ccc(-c4nc5cccc(CCCCCCCCC)c5o4)c4ccccc34)oc12. The minimum Gasteiger partial charge on any atom is -0.436 e. The third-order valence-corrected chi connectivity index (χ3v) is 9.48. The predicted molar refractivity (Wildman–Crippen MR) is 193 cm³/mol. The summed E-state index contributed by atoms with van der Waals surface area (Å²) in [6.45, 7) is 4.54. The van der Waals surface area contributed by atoms with Crippen molar-refractivity contribution in [2.75, 3.05) is 0 Å². The smallest absolute Gasteiger partial charge is 0.227 e. The maximum atomic E-state index is 6.54. The number of aromatic nitrogens is 2. The molecule has 4 aromatic carbocycles. The largest absolute Gasteiger partial charge is 0.436 e. The first-order valence-corrected chi connectivity index (χ1v) is 18.1. The molecule has 0 fully saturated rings. The summed E-state index contributed by atoms with van der Waals surface area (Å²) in [5.74, 6) is 1.33. The molecule has 0 unspecified atom stereocenters.